The van der Waals surface area contributed by atoms with Crippen molar-refractivity contribution in [2.24, 2.45) is 0 Å². The van der Waals surface area contributed by atoms with Crippen molar-refractivity contribution in [2.75, 3.05) is 16.8 Å². The molecule has 2 heterocycles. The highest BCUT2D eigenvalue weighted by molar-refractivity contribution is 6.30. The lowest BCUT2D eigenvalue weighted by atomic mass is 9.91. The van der Waals surface area contributed by atoms with Gasteiger partial charge >= 0.3 is 0 Å². The molecule has 4 rings (SSSR count). The first-order valence-corrected chi connectivity index (χ1v) is 9.71. The molecule has 0 atom stereocenters. The van der Waals surface area contributed by atoms with Crippen LogP contribution in [0.25, 0.3) is 0 Å². The summed E-state index contributed by atoms with van der Waals surface area (Å²) in [6, 6.07) is 15.7. The minimum Gasteiger partial charge on any atom is -0.386 e. The Balaban J connectivity index is 1.53. The second-order valence-corrected chi connectivity index (χ2v) is 8.02. The Bertz CT molecular complexity index is 1000. The van der Waals surface area contributed by atoms with Crippen LogP contribution in [0.15, 0.2) is 54.7 Å². The van der Waals surface area contributed by atoms with Crippen molar-refractivity contribution < 1.29 is 5.11 Å². The molecule has 0 saturated heterocycles. The van der Waals surface area contributed by atoms with Gasteiger partial charge in [-0.3, -0.25) is 0 Å². The van der Waals surface area contributed by atoms with Gasteiger partial charge in [0.25, 0.3) is 0 Å². The third-order valence-corrected chi connectivity index (χ3v) is 5.21. The van der Waals surface area contributed by atoms with Crippen molar-refractivity contribution in [2.45, 2.75) is 32.4 Å². The summed E-state index contributed by atoms with van der Waals surface area (Å²) in [6.07, 6.45) is 2.68. The van der Waals surface area contributed by atoms with Crippen LogP contribution in [0.3, 0.4) is 0 Å². The molecule has 1 aliphatic rings. The molecule has 0 spiro atoms. The second kappa shape index (κ2) is 7.41. The number of hydrogen-bond donors (Lipinski definition) is 2. The summed E-state index contributed by atoms with van der Waals surface area (Å²) < 4.78 is 0. The van der Waals surface area contributed by atoms with Crippen LogP contribution in [0.5, 0.6) is 0 Å². The molecular weight excluding hydrogens is 372 g/mol. The van der Waals surface area contributed by atoms with E-state index in [1.807, 2.05) is 50.2 Å². The minimum atomic E-state index is -0.820. The molecule has 0 bridgehead atoms. The Morgan fingerprint density at radius 1 is 1.11 bits per heavy atom. The fraction of sp³-hybridized carbons (Fsp3) is 0.273. The first-order chi connectivity index (χ1) is 13.4. The standard InChI is InChI=1S/C22H23ClN4O/c1-22(2,28)17-7-6-16-14-27(11-9-15(16)12-17)20-8-10-24-21(26-20)25-19-5-3-4-18(23)13-19/h3-8,10,12-13,28H,9,11,14H2,1-2H3,(H,24,25,26). The smallest absolute Gasteiger partial charge is 0.229 e. The zero-order valence-electron chi connectivity index (χ0n) is 16.0. The van der Waals surface area contributed by atoms with E-state index in [0.29, 0.717) is 11.0 Å². The molecule has 0 saturated carbocycles. The van der Waals surface area contributed by atoms with E-state index in [2.05, 4.69) is 32.3 Å². The molecule has 3 aromatic rings. The molecule has 28 heavy (non-hydrogen) atoms. The van der Waals surface area contributed by atoms with Crippen LogP contribution in [0.4, 0.5) is 17.5 Å². The third-order valence-electron chi connectivity index (χ3n) is 4.97. The van der Waals surface area contributed by atoms with Crippen LogP contribution in [0, 0.1) is 0 Å². The molecular formula is C22H23ClN4O. The van der Waals surface area contributed by atoms with Gasteiger partial charge in [0.15, 0.2) is 0 Å². The van der Waals surface area contributed by atoms with Crippen molar-refractivity contribution in [3.05, 3.63) is 76.4 Å². The first-order valence-electron chi connectivity index (χ1n) is 9.34. The zero-order valence-corrected chi connectivity index (χ0v) is 16.7. The molecule has 6 heteroatoms. The highest BCUT2D eigenvalue weighted by Crippen LogP contribution is 2.28. The van der Waals surface area contributed by atoms with Crippen molar-refractivity contribution >= 4 is 29.1 Å². The Morgan fingerprint density at radius 3 is 2.75 bits per heavy atom. The summed E-state index contributed by atoms with van der Waals surface area (Å²) >= 11 is 6.05. The number of rotatable bonds is 4. The molecule has 0 fully saturated rings. The van der Waals surface area contributed by atoms with Gasteiger partial charge in [-0.15, -0.1) is 0 Å². The monoisotopic (exact) mass is 394 g/mol. The van der Waals surface area contributed by atoms with Crippen LogP contribution in [0.2, 0.25) is 5.02 Å². The molecule has 0 unspecified atom stereocenters. The van der Waals surface area contributed by atoms with E-state index >= 15 is 0 Å². The summed E-state index contributed by atoms with van der Waals surface area (Å²) in [5.41, 5.74) is 3.55. The molecule has 0 aliphatic carbocycles. The van der Waals surface area contributed by atoms with Crippen LogP contribution in [-0.2, 0) is 18.6 Å². The Kier molecular flexibility index (Phi) is 4.96. The number of hydrogen-bond acceptors (Lipinski definition) is 5. The summed E-state index contributed by atoms with van der Waals surface area (Å²) in [5.74, 6) is 1.43. The number of nitrogens with one attached hydrogen (secondary N) is 1. The number of fused-ring (bicyclic) bond motifs is 1. The molecule has 1 aliphatic heterocycles. The van der Waals surface area contributed by atoms with Crippen molar-refractivity contribution in [1.82, 2.24) is 9.97 Å². The maximum Gasteiger partial charge on any atom is 0.229 e. The number of nitrogens with zero attached hydrogens (tertiary/aromatic N) is 3. The second-order valence-electron chi connectivity index (χ2n) is 7.59. The van der Waals surface area contributed by atoms with E-state index in [1.165, 1.54) is 11.1 Å². The molecule has 144 valence electrons. The van der Waals surface area contributed by atoms with Crippen LogP contribution in [0.1, 0.15) is 30.5 Å². The molecule has 2 aromatic carbocycles. The first kappa shape index (κ1) is 18.7. The van der Waals surface area contributed by atoms with Gasteiger partial charge in [-0.1, -0.05) is 35.9 Å². The van der Waals surface area contributed by atoms with Gasteiger partial charge < -0.3 is 15.3 Å². The molecule has 0 radical (unpaired) electrons. The van der Waals surface area contributed by atoms with Gasteiger partial charge in [0.2, 0.25) is 5.95 Å². The number of aliphatic hydroxyl groups is 1. The highest BCUT2D eigenvalue weighted by Gasteiger charge is 2.22. The largest absolute Gasteiger partial charge is 0.386 e. The molecule has 1 aromatic heterocycles. The van der Waals surface area contributed by atoms with Gasteiger partial charge in [0.1, 0.15) is 5.82 Å². The van der Waals surface area contributed by atoms with Crippen LogP contribution < -0.4 is 10.2 Å². The predicted octanol–water partition coefficient (Wildman–Crippen LogP) is 4.66. The summed E-state index contributed by atoms with van der Waals surface area (Å²) in [7, 11) is 0. The van der Waals surface area contributed by atoms with Gasteiger partial charge in [-0.25, -0.2) is 4.98 Å². The van der Waals surface area contributed by atoms with Gasteiger partial charge in [-0.2, -0.15) is 4.98 Å². The summed E-state index contributed by atoms with van der Waals surface area (Å²) in [6.45, 7) is 5.30. The molecule has 0 amide bonds. The van der Waals surface area contributed by atoms with Crippen molar-refractivity contribution in [3.63, 3.8) is 0 Å². The number of anilines is 3. The van der Waals surface area contributed by atoms with E-state index in [-0.39, 0.29) is 0 Å². The van der Waals surface area contributed by atoms with Gasteiger partial charge in [0, 0.05) is 30.0 Å². The summed E-state index contributed by atoms with van der Waals surface area (Å²) in [4.78, 5) is 11.2. The molecule has 2 N–H and O–H groups in total. The fourth-order valence-corrected chi connectivity index (χ4v) is 3.60. The lowest BCUT2D eigenvalue weighted by molar-refractivity contribution is 0.0785. The molecule has 5 nitrogen and oxygen atoms in total. The van der Waals surface area contributed by atoms with Gasteiger partial charge in [-0.05, 0) is 61.2 Å². The quantitative estimate of drug-likeness (QED) is 0.673. The fourth-order valence-electron chi connectivity index (χ4n) is 3.41. The maximum absolute atomic E-state index is 10.2. The van der Waals surface area contributed by atoms with Crippen LogP contribution >= 0.6 is 11.6 Å². The normalized spacial score (nSPS) is 13.9. The maximum atomic E-state index is 10.2. The number of halogens is 1. The van der Waals surface area contributed by atoms with E-state index in [1.54, 1.807) is 6.20 Å². The van der Waals surface area contributed by atoms with Crippen LogP contribution in [-0.4, -0.2) is 21.6 Å². The topological polar surface area (TPSA) is 61.3 Å². The average Bonchev–Trinajstić information content (AvgIpc) is 2.67. The third kappa shape index (κ3) is 4.11. The Morgan fingerprint density at radius 2 is 1.96 bits per heavy atom. The highest BCUT2D eigenvalue weighted by atomic mass is 35.5. The summed E-state index contributed by atoms with van der Waals surface area (Å²) in [5, 5.41) is 14.1. The van der Waals surface area contributed by atoms with E-state index in [9.17, 15) is 5.11 Å². The Hall–Kier alpha value is -2.63. The van der Waals surface area contributed by atoms with Gasteiger partial charge in [0.05, 0.1) is 5.60 Å². The minimum absolute atomic E-state index is 0.544. The van der Waals surface area contributed by atoms with E-state index in [4.69, 9.17) is 11.6 Å². The zero-order chi connectivity index (χ0) is 19.7. The SMILES string of the molecule is CC(C)(O)c1ccc2c(c1)CCN(c1ccnc(Nc3cccc(Cl)c3)n1)C2. The predicted molar refractivity (Wildman–Crippen MR) is 113 cm³/mol. The lowest BCUT2D eigenvalue weighted by Crippen LogP contribution is -2.31. The van der Waals surface area contributed by atoms with Crippen molar-refractivity contribution in [1.29, 1.82) is 0 Å². The van der Waals surface area contributed by atoms with Crippen molar-refractivity contribution in [3.8, 4) is 0 Å². The Labute approximate surface area is 170 Å². The number of benzene rings is 2. The number of aromatic nitrogens is 2. The van der Waals surface area contributed by atoms with E-state index < -0.39 is 5.60 Å². The lowest BCUT2D eigenvalue weighted by Gasteiger charge is -2.31. The van der Waals surface area contributed by atoms with E-state index in [0.717, 1.165) is 36.6 Å². The average molecular weight is 395 g/mol.